The maximum Gasteiger partial charge on any atom is 0.306 e. The van der Waals surface area contributed by atoms with Crippen LogP contribution in [0.4, 0.5) is 0 Å². The van der Waals surface area contributed by atoms with Gasteiger partial charge in [0, 0.05) is 6.42 Å². The van der Waals surface area contributed by atoms with Crippen LogP contribution in [-0.4, -0.2) is 18.4 Å². The standard InChI is InChI=1S/C11H16O3/c1-3-6-14-10(13)8-11(4-5-11)7-9(2)12/h3H,1,4-8H2,2H3. The van der Waals surface area contributed by atoms with Crippen molar-refractivity contribution < 1.29 is 14.3 Å². The van der Waals surface area contributed by atoms with E-state index in [2.05, 4.69) is 6.58 Å². The van der Waals surface area contributed by atoms with Crippen LogP contribution in [0.15, 0.2) is 12.7 Å². The lowest BCUT2D eigenvalue weighted by Gasteiger charge is -2.11. The Kier molecular flexibility index (Phi) is 3.44. The highest BCUT2D eigenvalue weighted by atomic mass is 16.5. The fourth-order valence-corrected chi connectivity index (χ4v) is 1.63. The van der Waals surface area contributed by atoms with Crippen LogP contribution in [0.2, 0.25) is 0 Å². The molecule has 0 aliphatic heterocycles. The topological polar surface area (TPSA) is 43.4 Å². The molecular weight excluding hydrogens is 180 g/mol. The number of hydrogen-bond donors (Lipinski definition) is 0. The highest BCUT2D eigenvalue weighted by Crippen LogP contribution is 2.52. The first-order chi connectivity index (χ1) is 6.58. The summed E-state index contributed by atoms with van der Waals surface area (Å²) >= 11 is 0. The predicted octanol–water partition coefficient (Wildman–Crippen LogP) is 1.86. The number of ketones is 1. The normalized spacial score (nSPS) is 17.2. The van der Waals surface area contributed by atoms with E-state index in [4.69, 9.17) is 4.74 Å². The molecule has 1 aliphatic carbocycles. The second-order valence-electron chi connectivity index (χ2n) is 4.03. The van der Waals surface area contributed by atoms with Crippen LogP contribution in [0, 0.1) is 5.41 Å². The molecule has 0 saturated heterocycles. The minimum Gasteiger partial charge on any atom is -0.461 e. The lowest BCUT2D eigenvalue weighted by atomic mass is 9.96. The number of hydrogen-bond acceptors (Lipinski definition) is 3. The number of ether oxygens (including phenoxy) is 1. The van der Waals surface area contributed by atoms with Crippen molar-refractivity contribution in [2.24, 2.45) is 5.41 Å². The third kappa shape index (κ3) is 3.32. The number of carbonyl (C=O) groups excluding carboxylic acids is 2. The van der Waals surface area contributed by atoms with Crippen molar-refractivity contribution in [3.05, 3.63) is 12.7 Å². The summed E-state index contributed by atoms with van der Waals surface area (Å²) in [6.45, 7) is 5.29. The SMILES string of the molecule is C=CCOC(=O)CC1(CC(C)=O)CC1. The summed E-state index contributed by atoms with van der Waals surface area (Å²) in [6.07, 6.45) is 4.37. The zero-order chi connectivity index (χ0) is 10.6. The van der Waals surface area contributed by atoms with Crippen LogP contribution in [-0.2, 0) is 14.3 Å². The summed E-state index contributed by atoms with van der Waals surface area (Å²) in [5.74, 6) is -0.0670. The molecule has 0 aromatic heterocycles. The van der Waals surface area contributed by atoms with Crippen LogP contribution < -0.4 is 0 Å². The molecule has 0 heterocycles. The van der Waals surface area contributed by atoms with E-state index in [1.54, 1.807) is 13.0 Å². The van der Waals surface area contributed by atoms with Crippen molar-refractivity contribution in [1.82, 2.24) is 0 Å². The minimum absolute atomic E-state index is 0.0654. The molecule has 14 heavy (non-hydrogen) atoms. The average molecular weight is 196 g/mol. The Labute approximate surface area is 84.1 Å². The summed E-state index contributed by atoms with van der Waals surface area (Å²) in [4.78, 5) is 22.2. The number of Topliss-reactive ketones (excluding diaryl/α,β-unsaturated/α-hetero) is 1. The summed E-state index contributed by atoms with van der Waals surface area (Å²) in [7, 11) is 0. The minimum atomic E-state index is -0.219. The monoisotopic (exact) mass is 196 g/mol. The van der Waals surface area contributed by atoms with Crippen molar-refractivity contribution in [1.29, 1.82) is 0 Å². The molecule has 0 unspecified atom stereocenters. The van der Waals surface area contributed by atoms with Gasteiger partial charge in [-0.3, -0.25) is 4.79 Å². The van der Waals surface area contributed by atoms with Crippen LogP contribution >= 0.6 is 0 Å². The fourth-order valence-electron chi connectivity index (χ4n) is 1.63. The van der Waals surface area contributed by atoms with Gasteiger partial charge in [0.2, 0.25) is 0 Å². The van der Waals surface area contributed by atoms with Crippen LogP contribution in [0.1, 0.15) is 32.6 Å². The Bertz CT molecular complexity index is 251. The molecule has 1 rings (SSSR count). The Morgan fingerprint density at radius 3 is 2.50 bits per heavy atom. The number of rotatable bonds is 6. The van der Waals surface area contributed by atoms with E-state index in [-0.39, 0.29) is 23.8 Å². The van der Waals surface area contributed by atoms with E-state index < -0.39 is 0 Å². The van der Waals surface area contributed by atoms with Crippen molar-refractivity contribution in [3.63, 3.8) is 0 Å². The quantitative estimate of drug-likeness (QED) is 0.481. The highest BCUT2D eigenvalue weighted by Gasteiger charge is 2.45. The van der Waals surface area contributed by atoms with E-state index in [0.29, 0.717) is 12.8 Å². The Hall–Kier alpha value is -1.12. The third-order valence-corrected chi connectivity index (χ3v) is 2.46. The number of carbonyl (C=O) groups is 2. The van der Waals surface area contributed by atoms with Crippen LogP contribution in [0.3, 0.4) is 0 Å². The van der Waals surface area contributed by atoms with E-state index >= 15 is 0 Å². The zero-order valence-electron chi connectivity index (χ0n) is 8.54. The fraction of sp³-hybridized carbons (Fsp3) is 0.636. The predicted molar refractivity (Wildman–Crippen MR) is 52.7 cm³/mol. The Balaban J connectivity index is 2.32. The molecule has 3 heteroatoms. The van der Waals surface area contributed by atoms with Crippen LogP contribution in [0.25, 0.3) is 0 Å². The maximum absolute atomic E-state index is 11.3. The number of esters is 1. The first kappa shape index (κ1) is 11.0. The molecule has 0 amide bonds. The lowest BCUT2D eigenvalue weighted by molar-refractivity contribution is -0.144. The van der Waals surface area contributed by atoms with E-state index in [1.807, 2.05) is 0 Å². The summed E-state index contributed by atoms with van der Waals surface area (Å²) in [6, 6.07) is 0. The molecule has 0 bridgehead atoms. The van der Waals surface area contributed by atoms with Gasteiger partial charge in [-0.15, -0.1) is 0 Å². The van der Waals surface area contributed by atoms with E-state index in [9.17, 15) is 9.59 Å². The second kappa shape index (κ2) is 4.40. The van der Waals surface area contributed by atoms with Gasteiger partial charge in [0.25, 0.3) is 0 Å². The van der Waals surface area contributed by atoms with E-state index in [1.165, 1.54) is 0 Å². The van der Waals surface area contributed by atoms with Crippen molar-refractivity contribution in [2.45, 2.75) is 32.6 Å². The summed E-state index contributed by atoms with van der Waals surface area (Å²) < 4.78 is 4.88. The molecule has 0 atom stereocenters. The molecule has 0 aromatic carbocycles. The van der Waals surface area contributed by atoms with Gasteiger partial charge in [0.1, 0.15) is 12.4 Å². The summed E-state index contributed by atoms with van der Waals surface area (Å²) in [5.41, 5.74) is -0.0654. The van der Waals surface area contributed by atoms with Gasteiger partial charge >= 0.3 is 5.97 Å². The molecule has 0 aromatic rings. The molecule has 3 nitrogen and oxygen atoms in total. The zero-order valence-corrected chi connectivity index (χ0v) is 8.54. The van der Waals surface area contributed by atoms with Gasteiger partial charge in [0.05, 0.1) is 6.42 Å². The second-order valence-corrected chi connectivity index (χ2v) is 4.03. The van der Waals surface area contributed by atoms with Gasteiger partial charge in [-0.2, -0.15) is 0 Å². The van der Waals surface area contributed by atoms with E-state index in [0.717, 1.165) is 12.8 Å². The molecule has 0 radical (unpaired) electrons. The van der Waals surface area contributed by atoms with Gasteiger partial charge in [-0.25, -0.2) is 0 Å². The van der Waals surface area contributed by atoms with Crippen molar-refractivity contribution in [2.75, 3.05) is 6.61 Å². The molecule has 0 N–H and O–H groups in total. The highest BCUT2D eigenvalue weighted by molar-refractivity contribution is 5.78. The largest absolute Gasteiger partial charge is 0.461 e. The molecule has 1 aliphatic rings. The third-order valence-electron chi connectivity index (χ3n) is 2.46. The van der Waals surface area contributed by atoms with Gasteiger partial charge in [-0.1, -0.05) is 12.7 Å². The van der Waals surface area contributed by atoms with Gasteiger partial charge in [0.15, 0.2) is 0 Å². The molecule has 1 saturated carbocycles. The molecular formula is C11H16O3. The Morgan fingerprint density at radius 2 is 2.07 bits per heavy atom. The average Bonchev–Trinajstić information content (AvgIpc) is 2.80. The molecule has 78 valence electrons. The summed E-state index contributed by atoms with van der Waals surface area (Å²) in [5, 5.41) is 0. The van der Waals surface area contributed by atoms with Gasteiger partial charge < -0.3 is 9.53 Å². The Morgan fingerprint density at radius 1 is 1.43 bits per heavy atom. The van der Waals surface area contributed by atoms with Crippen LogP contribution in [0.5, 0.6) is 0 Å². The molecule has 1 fully saturated rings. The van der Waals surface area contributed by atoms with Crippen molar-refractivity contribution in [3.8, 4) is 0 Å². The lowest BCUT2D eigenvalue weighted by Crippen LogP contribution is -2.15. The first-order valence-electron chi connectivity index (χ1n) is 4.84. The smallest absolute Gasteiger partial charge is 0.306 e. The van der Waals surface area contributed by atoms with Crippen molar-refractivity contribution >= 4 is 11.8 Å². The van der Waals surface area contributed by atoms with Gasteiger partial charge in [-0.05, 0) is 25.2 Å². The first-order valence-corrected chi connectivity index (χ1v) is 4.84. The maximum atomic E-state index is 11.3. The molecule has 0 spiro atoms.